The van der Waals surface area contributed by atoms with E-state index in [1.54, 1.807) is 0 Å². The number of hydrogen-bond donors (Lipinski definition) is 1. The Bertz CT molecular complexity index is 261. The lowest BCUT2D eigenvalue weighted by molar-refractivity contribution is 0.172. The van der Waals surface area contributed by atoms with Crippen molar-refractivity contribution in [3.63, 3.8) is 0 Å². The lowest BCUT2D eigenvalue weighted by Gasteiger charge is -2.37. The van der Waals surface area contributed by atoms with Crippen LogP contribution in [0.2, 0.25) is 0 Å². The summed E-state index contributed by atoms with van der Waals surface area (Å²) in [5.74, 6) is 0.503. The molecule has 0 bridgehead atoms. The molecule has 0 aromatic heterocycles. The molecular weight excluding hydrogens is 188 g/mol. The molecule has 1 aliphatic rings. The molecule has 13 heavy (non-hydrogen) atoms. The van der Waals surface area contributed by atoms with Crippen molar-refractivity contribution in [3.05, 3.63) is 0 Å². The second-order valence-electron chi connectivity index (χ2n) is 3.84. The van der Waals surface area contributed by atoms with Gasteiger partial charge in [-0.15, -0.1) is 0 Å². The molecule has 1 rings (SSSR count). The van der Waals surface area contributed by atoms with Crippen LogP contribution in [0.3, 0.4) is 0 Å². The number of sulfone groups is 1. The third-order valence-electron chi connectivity index (χ3n) is 2.51. The van der Waals surface area contributed by atoms with E-state index < -0.39 is 9.84 Å². The highest BCUT2D eigenvalue weighted by Gasteiger charge is 2.31. The molecule has 0 spiro atoms. The van der Waals surface area contributed by atoms with Gasteiger partial charge in [-0.05, 0) is 13.8 Å². The van der Waals surface area contributed by atoms with Crippen LogP contribution in [0.25, 0.3) is 0 Å². The third kappa shape index (κ3) is 2.65. The van der Waals surface area contributed by atoms with Gasteiger partial charge < -0.3 is 5.73 Å². The third-order valence-corrected chi connectivity index (χ3v) is 4.21. The first-order valence-electron chi connectivity index (χ1n) is 4.62. The van der Waals surface area contributed by atoms with E-state index in [1.807, 2.05) is 0 Å². The molecule has 0 amide bonds. The van der Waals surface area contributed by atoms with Crippen molar-refractivity contribution in [2.24, 2.45) is 5.73 Å². The van der Waals surface area contributed by atoms with E-state index >= 15 is 0 Å². The van der Waals surface area contributed by atoms with Crippen molar-refractivity contribution in [1.82, 2.24) is 4.90 Å². The van der Waals surface area contributed by atoms with E-state index in [-0.39, 0.29) is 17.5 Å². The van der Waals surface area contributed by atoms with Crippen molar-refractivity contribution in [3.8, 4) is 0 Å². The normalized spacial score (nSPS) is 29.4. The average Bonchev–Trinajstić information content (AvgIpc) is 2.01. The van der Waals surface area contributed by atoms with E-state index in [1.165, 1.54) is 0 Å². The molecule has 4 nitrogen and oxygen atoms in total. The number of rotatable bonds is 2. The zero-order chi connectivity index (χ0) is 10.1. The predicted octanol–water partition coefficient (Wildman–Crippen LogP) is -0.547. The summed E-state index contributed by atoms with van der Waals surface area (Å²) in [6, 6.07) is 0.391. The minimum atomic E-state index is -2.83. The predicted molar refractivity (Wildman–Crippen MR) is 53.3 cm³/mol. The molecular formula is C8H18N2O2S. The first kappa shape index (κ1) is 10.9. The van der Waals surface area contributed by atoms with Crippen molar-refractivity contribution < 1.29 is 8.42 Å². The molecule has 2 N–H and O–H groups in total. The van der Waals surface area contributed by atoms with Crippen LogP contribution in [0.4, 0.5) is 0 Å². The minimum Gasteiger partial charge on any atom is -0.329 e. The topological polar surface area (TPSA) is 63.4 Å². The van der Waals surface area contributed by atoms with Gasteiger partial charge in [-0.2, -0.15) is 0 Å². The molecule has 0 aromatic rings. The Morgan fingerprint density at radius 2 is 2.15 bits per heavy atom. The summed E-state index contributed by atoms with van der Waals surface area (Å²) in [7, 11) is -2.83. The summed E-state index contributed by atoms with van der Waals surface area (Å²) in [5.41, 5.74) is 5.55. The first-order valence-corrected chi connectivity index (χ1v) is 6.44. The van der Waals surface area contributed by atoms with Gasteiger partial charge in [0, 0.05) is 25.2 Å². The highest BCUT2D eigenvalue weighted by molar-refractivity contribution is 7.91. The van der Waals surface area contributed by atoms with Crippen LogP contribution in [0.1, 0.15) is 13.8 Å². The molecule has 1 aliphatic heterocycles. The van der Waals surface area contributed by atoms with Crippen LogP contribution in [0.15, 0.2) is 0 Å². The monoisotopic (exact) mass is 206 g/mol. The van der Waals surface area contributed by atoms with E-state index in [0.29, 0.717) is 19.1 Å². The Labute approximate surface area is 80.0 Å². The zero-order valence-corrected chi connectivity index (χ0v) is 9.05. The Hall–Kier alpha value is -0.130. The van der Waals surface area contributed by atoms with Crippen LogP contribution in [0.5, 0.6) is 0 Å². The smallest absolute Gasteiger partial charge is 0.153 e. The van der Waals surface area contributed by atoms with Crippen LogP contribution >= 0.6 is 0 Å². The molecule has 1 fully saturated rings. The highest BCUT2D eigenvalue weighted by atomic mass is 32.2. The summed E-state index contributed by atoms with van der Waals surface area (Å²) in [5, 5.41) is 0. The summed E-state index contributed by atoms with van der Waals surface area (Å²) in [4.78, 5) is 2.17. The minimum absolute atomic E-state index is 0.0127. The highest BCUT2D eigenvalue weighted by Crippen LogP contribution is 2.13. The van der Waals surface area contributed by atoms with Gasteiger partial charge in [-0.1, -0.05) is 0 Å². The molecule has 1 saturated heterocycles. The summed E-state index contributed by atoms with van der Waals surface area (Å²) >= 11 is 0. The first-order chi connectivity index (χ1) is 5.96. The maximum Gasteiger partial charge on any atom is 0.153 e. The zero-order valence-electron chi connectivity index (χ0n) is 8.23. The van der Waals surface area contributed by atoms with E-state index in [2.05, 4.69) is 18.7 Å². The van der Waals surface area contributed by atoms with Gasteiger partial charge in [0.15, 0.2) is 9.84 Å². The molecule has 0 saturated carbocycles. The second kappa shape index (κ2) is 3.94. The van der Waals surface area contributed by atoms with Gasteiger partial charge in [-0.3, -0.25) is 4.90 Å². The number of hydrogen-bond acceptors (Lipinski definition) is 4. The SMILES string of the molecule is CC(C)N1CCS(=O)(=O)CC1CN. The average molecular weight is 206 g/mol. The fourth-order valence-corrected chi connectivity index (χ4v) is 3.35. The molecule has 78 valence electrons. The molecule has 1 heterocycles. The Morgan fingerprint density at radius 1 is 1.54 bits per heavy atom. The van der Waals surface area contributed by atoms with Gasteiger partial charge in [0.05, 0.1) is 11.5 Å². The van der Waals surface area contributed by atoms with Gasteiger partial charge in [0.25, 0.3) is 0 Å². The molecule has 5 heteroatoms. The van der Waals surface area contributed by atoms with E-state index in [0.717, 1.165) is 0 Å². The molecule has 1 atom stereocenters. The maximum absolute atomic E-state index is 11.3. The summed E-state index contributed by atoms with van der Waals surface area (Å²) < 4.78 is 22.6. The lowest BCUT2D eigenvalue weighted by atomic mass is 10.2. The lowest BCUT2D eigenvalue weighted by Crippen LogP contribution is -2.54. The number of nitrogens with zero attached hydrogens (tertiary/aromatic N) is 1. The van der Waals surface area contributed by atoms with Crippen molar-refractivity contribution in [2.45, 2.75) is 25.9 Å². The van der Waals surface area contributed by atoms with Crippen molar-refractivity contribution in [2.75, 3.05) is 24.6 Å². The van der Waals surface area contributed by atoms with Gasteiger partial charge in [0.1, 0.15) is 0 Å². The molecule has 1 unspecified atom stereocenters. The van der Waals surface area contributed by atoms with E-state index in [4.69, 9.17) is 5.73 Å². The summed E-state index contributed by atoms with van der Waals surface area (Å²) in [6.07, 6.45) is 0. The molecule has 0 aromatic carbocycles. The van der Waals surface area contributed by atoms with Crippen molar-refractivity contribution in [1.29, 1.82) is 0 Å². The Balaban J connectivity index is 2.72. The largest absolute Gasteiger partial charge is 0.329 e. The van der Waals surface area contributed by atoms with Crippen LogP contribution in [0, 0.1) is 0 Å². The fourth-order valence-electron chi connectivity index (χ4n) is 1.78. The van der Waals surface area contributed by atoms with Crippen LogP contribution in [-0.2, 0) is 9.84 Å². The van der Waals surface area contributed by atoms with Crippen LogP contribution < -0.4 is 5.73 Å². The van der Waals surface area contributed by atoms with Crippen LogP contribution in [-0.4, -0.2) is 50.0 Å². The summed E-state index contributed by atoms with van der Waals surface area (Å²) in [6.45, 7) is 5.19. The maximum atomic E-state index is 11.3. The van der Waals surface area contributed by atoms with E-state index in [9.17, 15) is 8.42 Å². The van der Waals surface area contributed by atoms with Gasteiger partial charge >= 0.3 is 0 Å². The standard InChI is InChI=1S/C8H18N2O2S/c1-7(2)10-3-4-13(11,12)6-8(10)5-9/h7-8H,3-6,9H2,1-2H3. The van der Waals surface area contributed by atoms with Gasteiger partial charge in [-0.25, -0.2) is 8.42 Å². The fraction of sp³-hybridized carbons (Fsp3) is 1.00. The van der Waals surface area contributed by atoms with Gasteiger partial charge in [0.2, 0.25) is 0 Å². The Kier molecular flexibility index (Phi) is 3.32. The second-order valence-corrected chi connectivity index (χ2v) is 6.06. The Morgan fingerprint density at radius 3 is 2.62 bits per heavy atom. The number of nitrogens with two attached hydrogens (primary N) is 1. The molecule has 0 aliphatic carbocycles. The van der Waals surface area contributed by atoms with Crippen molar-refractivity contribution >= 4 is 9.84 Å². The molecule has 0 radical (unpaired) electrons. The quantitative estimate of drug-likeness (QED) is 0.658.